The molecule has 1 aromatic rings. The Labute approximate surface area is 148 Å². The summed E-state index contributed by atoms with van der Waals surface area (Å²) in [6, 6.07) is 7.69. The van der Waals surface area contributed by atoms with Crippen LogP contribution in [-0.2, 0) is 9.59 Å². The molecule has 6 heteroatoms. The molecular formula is C19H26N2O4. The number of imide groups is 1. The Hall–Kier alpha value is -2.08. The van der Waals surface area contributed by atoms with Crippen LogP contribution in [0.15, 0.2) is 24.3 Å². The first kappa shape index (κ1) is 17.7. The molecule has 136 valence electrons. The lowest BCUT2D eigenvalue weighted by molar-refractivity contribution is -0.143. The van der Waals surface area contributed by atoms with Crippen LogP contribution in [0, 0.1) is 0 Å². The molecule has 0 aromatic heterocycles. The van der Waals surface area contributed by atoms with Crippen molar-refractivity contribution in [1.29, 1.82) is 0 Å². The maximum absolute atomic E-state index is 11.9. The fourth-order valence-corrected chi connectivity index (χ4v) is 3.16. The van der Waals surface area contributed by atoms with Gasteiger partial charge in [-0.25, -0.2) is 0 Å². The van der Waals surface area contributed by atoms with E-state index >= 15 is 0 Å². The van der Waals surface area contributed by atoms with Crippen molar-refractivity contribution >= 4 is 11.8 Å². The number of nitrogens with one attached hydrogen (secondary N) is 1. The summed E-state index contributed by atoms with van der Waals surface area (Å²) >= 11 is 0. The molecule has 1 unspecified atom stereocenters. The van der Waals surface area contributed by atoms with Crippen molar-refractivity contribution in [3.8, 4) is 11.5 Å². The summed E-state index contributed by atoms with van der Waals surface area (Å²) in [5.41, 5.74) is 0. The fraction of sp³-hybridized carbons (Fsp3) is 0.579. The molecule has 1 aromatic carbocycles. The number of hydrogen-bond donors (Lipinski definition) is 1. The van der Waals surface area contributed by atoms with Crippen LogP contribution in [0.25, 0.3) is 0 Å². The Morgan fingerprint density at radius 2 is 1.76 bits per heavy atom. The molecule has 0 aliphatic carbocycles. The normalized spacial score (nSPS) is 20.5. The maximum Gasteiger partial charge on any atom is 0.229 e. The second-order valence-electron chi connectivity index (χ2n) is 6.56. The Morgan fingerprint density at radius 3 is 2.52 bits per heavy atom. The highest BCUT2D eigenvalue weighted by Gasteiger charge is 2.23. The average Bonchev–Trinajstić information content (AvgIpc) is 2.79. The van der Waals surface area contributed by atoms with Gasteiger partial charge in [-0.2, -0.15) is 0 Å². The number of amides is 2. The van der Waals surface area contributed by atoms with Gasteiger partial charge in [0.05, 0.1) is 0 Å². The van der Waals surface area contributed by atoms with Crippen LogP contribution < -0.4 is 14.8 Å². The van der Waals surface area contributed by atoms with Crippen LogP contribution >= 0.6 is 0 Å². The zero-order valence-electron chi connectivity index (χ0n) is 14.5. The predicted molar refractivity (Wildman–Crippen MR) is 93.6 cm³/mol. The lowest BCUT2D eigenvalue weighted by Gasteiger charge is -2.26. The summed E-state index contributed by atoms with van der Waals surface area (Å²) < 4.78 is 11.6. The molecule has 0 saturated carbocycles. The third-order valence-corrected chi connectivity index (χ3v) is 4.56. The lowest BCUT2D eigenvalue weighted by atomic mass is 10.2. The molecule has 0 spiro atoms. The second kappa shape index (κ2) is 8.85. The molecule has 1 fully saturated rings. The van der Waals surface area contributed by atoms with Crippen molar-refractivity contribution in [2.24, 2.45) is 0 Å². The van der Waals surface area contributed by atoms with Gasteiger partial charge in [0.1, 0.15) is 12.7 Å². The Balaban J connectivity index is 1.30. The number of unbranched alkanes of at least 4 members (excludes halogenated alkanes) is 1. The van der Waals surface area contributed by atoms with E-state index in [1.165, 1.54) is 4.90 Å². The van der Waals surface area contributed by atoms with E-state index in [1.54, 1.807) is 0 Å². The summed E-state index contributed by atoms with van der Waals surface area (Å²) in [4.78, 5) is 25.3. The number of para-hydroxylation sites is 2. The summed E-state index contributed by atoms with van der Waals surface area (Å²) in [6.07, 6.45) is 4.42. The van der Waals surface area contributed by atoms with Crippen molar-refractivity contribution in [3.05, 3.63) is 24.3 Å². The minimum absolute atomic E-state index is 0.00339. The van der Waals surface area contributed by atoms with E-state index in [9.17, 15) is 9.59 Å². The molecule has 6 nitrogen and oxygen atoms in total. The van der Waals surface area contributed by atoms with Crippen LogP contribution in [0.2, 0.25) is 0 Å². The van der Waals surface area contributed by atoms with Gasteiger partial charge in [0, 0.05) is 25.9 Å². The number of likely N-dealkylation sites (tertiary alicyclic amines) is 1. The molecule has 2 aliphatic rings. The van der Waals surface area contributed by atoms with Gasteiger partial charge in [0.15, 0.2) is 11.5 Å². The Bertz CT molecular complexity index is 587. The number of rotatable bonds is 7. The van der Waals surface area contributed by atoms with Gasteiger partial charge >= 0.3 is 0 Å². The van der Waals surface area contributed by atoms with Gasteiger partial charge in [-0.15, -0.1) is 0 Å². The maximum atomic E-state index is 11.9. The van der Waals surface area contributed by atoms with Crippen molar-refractivity contribution in [2.45, 2.75) is 44.6 Å². The number of benzene rings is 1. The first-order chi connectivity index (χ1) is 12.2. The van der Waals surface area contributed by atoms with Crippen LogP contribution in [0.3, 0.4) is 0 Å². The zero-order chi connectivity index (χ0) is 17.5. The smallest absolute Gasteiger partial charge is 0.229 e. The van der Waals surface area contributed by atoms with E-state index < -0.39 is 0 Å². The molecule has 25 heavy (non-hydrogen) atoms. The van der Waals surface area contributed by atoms with E-state index in [0.29, 0.717) is 26.0 Å². The van der Waals surface area contributed by atoms with Gasteiger partial charge in [0.25, 0.3) is 0 Å². The van der Waals surface area contributed by atoms with E-state index in [2.05, 4.69) is 5.32 Å². The number of carbonyl (C=O) groups is 2. The monoisotopic (exact) mass is 346 g/mol. The number of hydrogen-bond acceptors (Lipinski definition) is 5. The standard InChI is InChI=1S/C19H26N2O4/c22-18-9-3-4-10-19(23)21(18)12-6-5-11-20-13-15-14-24-16-7-1-2-8-17(16)25-15/h1-2,7-8,15,20H,3-6,9-14H2. The third-order valence-electron chi connectivity index (χ3n) is 4.56. The summed E-state index contributed by atoms with van der Waals surface area (Å²) in [7, 11) is 0. The van der Waals surface area contributed by atoms with E-state index in [-0.39, 0.29) is 17.9 Å². The lowest BCUT2D eigenvalue weighted by Crippen LogP contribution is -2.39. The van der Waals surface area contributed by atoms with Crippen LogP contribution in [0.1, 0.15) is 38.5 Å². The molecule has 3 rings (SSSR count). The topological polar surface area (TPSA) is 67.9 Å². The van der Waals surface area contributed by atoms with Gasteiger partial charge in [-0.1, -0.05) is 12.1 Å². The molecule has 2 heterocycles. The molecule has 0 bridgehead atoms. The first-order valence-electron chi connectivity index (χ1n) is 9.16. The summed E-state index contributed by atoms with van der Waals surface area (Å²) in [5.74, 6) is 1.56. The van der Waals surface area contributed by atoms with Gasteiger partial charge < -0.3 is 14.8 Å². The SMILES string of the molecule is O=C1CCCCC(=O)N1CCCCNCC1COc2ccccc2O1. The van der Waals surface area contributed by atoms with Crippen LogP contribution in [-0.4, -0.2) is 49.1 Å². The average molecular weight is 346 g/mol. The molecule has 1 atom stereocenters. The number of ether oxygens (including phenoxy) is 2. The van der Waals surface area contributed by atoms with Crippen LogP contribution in [0.4, 0.5) is 0 Å². The van der Waals surface area contributed by atoms with Crippen molar-refractivity contribution in [2.75, 3.05) is 26.2 Å². The second-order valence-corrected chi connectivity index (χ2v) is 6.56. The Kier molecular flexibility index (Phi) is 6.28. The number of carbonyl (C=O) groups excluding carboxylic acids is 2. The predicted octanol–water partition coefficient (Wildman–Crippen LogP) is 2.13. The fourth-order valence-electron chi connectivity index (χ4n) is 3.16. The highest BCUT2D eigenvalue weighted by Crippen LogP contribution is 2.30. The molecular weight excluding hydrogens is 320 g/mol. The minimum Gasteiger partial charge on any atom is -0.486 e. The van der Waals surface area contributed by atoms with E-state index in [4.69, 9.17) is 9.47 Å². The Morgan fingerprint density at radius 1 is 1.04 bits per heavy atom. The largest absolute Gasteiger partial charge is 0.486 e. The number of nitrogens with zero attached hydrogens (tertiary/aromatic N) is 1. The molecule has 2 aliphatic heterocycles. The summed E-state index contributed by atoms with van der Waals surface area (Å²) in [5, 5.41) is 3.37. The molecule has 0 radical (unpaired) electrons. The third kappa shape index (κ3) is 4.95. The quantitative estimate of drug-likeness (QED) is 0.605. The van der Waals surface area contributed by atoms with Gasteiger partial charge in [-0.05, 0) is 44.4 Å². The van der Waals surface area contributed by atoms with Gasteiger partial charge in [0.2, 0.25) is 11.8 Å². The molecule has 1 saturated heterocycles. The van der Waals surface area contributed by atoms with Crippen molar-refractivity contribution < 1.29 is 19.1 Å². The number of fused-ring (bicyclic) bond motifs is 1. The van der Waals surface area contributed by atoms with Crippen molar-refractivity contribution in [1.82, 2.24) is 10.2 Å². The highest BCUT2D eigenvalue weighted by molar-refractivity contribution is 5.95. The van der Waals surface area contributed by atoms with Crippen LogP contribution in [0.5, 0.6) is 11.5 Å². The zero-order valence-corrected chi connectivity index (χ0v) is 14.5. The first-order valence-corrected chi connectivity index (χ1v) is 9.16. The minimum atomic E-state index is -0.0121. The van der Waals surface area contributed by atoms with Gasteiger partial charge in [-0.3, -0.25) is 14.5 Å². The summed E-state index contributed by atoms with van der Waals surface area (Å²) in [6.45, 7) is 2.63. The van der Waals surface area contributed by atoms with Crippen molar-refractivity contribution in [3.63, 3.8) is 0 Å². The molecule has 2 amide bonds. The molecule has 1 N–H and O–H groups in total. The highest BCUT2D eigenvalue weighted by atomic mass is 16.6. The van der Waals surface area contributed by atoms with E-state index in [0.717, 1.165) is 50.3 Å². The van der Waals surface area contributed by atoms with E-state index in [1.807, 2.05) is 24.3 Å².